The van der Waals surface area contributed by atoms with Crippen molar-refractivity contribution in [2.45, 2.75) is 5.25 Å². The van der Waals surface area contributed by atoms with Gasteiger partial charge in [0.25, 0.3) is 0 Å². The van der Waals surface area contributed by atoms with Crippen LogP contribution in [0.15, 0.2) is 54.6 Å². The molecule has 2 aromatic carbocycles. The number of hydrogen-bond acceptors (Lipinski definition) is 2. The van der Waals surface area contributed by atoms with E-state index < -0.39 is 21.1 Å². The van der Waals surface area contributed by atoms with Crippen molar-refractivity contribution in [3.05, 3.63) is 71.5 Å². The molecule has 3 nitrogen and oxygen atoms in total. The van der Waals surface area contributed by atoms with E-state index in [4.69, 9.17) is 5.14 Å². The molecule has 94 valence electrons. The summed E-state index contributed by atoms with van der Waals surface area (Å²) >= 11 is 0. The van der Waals surface area contributed by atoms with Gasteiger partial charge in [0.1, 0.15) is 11.1 Å². The van der Waals surface area contributed by atoms with Crippen molar-refractivity contribution in [3.8, 4) is 0 Å². The first-order chi connectivity index (χ1) is 8.48. The molecular formula is C13H12FNO2S. The van der Waals surface area contributed by atoms with E-state index in [-0.39, 0.29) is 0 Å². The van der Waals surface area contributed by atoms with Crippen molar-refractivity contribution in [2.24, 2.45) is 5.14 Å². The quantitative estimate of drug-likeness (QED) is 0.924. The lowest BCUT2D eigenvalue weighted by atomic mass is 10.0. The molecular weight excluding hydrogens is 253 g/mol. The summed E-state index contributed by atoms with van der Waals surface area (Å²) in [6.45, 7) is 0. The second-order valence-electron chi connectivity index (χ2n) is 3.93. The van der Waals surface area contributed by atoms with Crippen LogP contribution in [0.1, 0.15) is 16.4 Å². The molecule has 0 bridgehead atoms. The third kappa shape index (κ3) is 2.75. The van der Waals surface area contributed by atoms with E-state index in [1.165, 1.54) is 24.3 Å². The summed E-state index contributed by atoms with van der Waals surface area (Å²) in [5, 5.41) is 4.29. The molecule has 0 heterocycles. The maximum Gasteiger partial charge on any atom is 0.220 e. The zero-order valence-corrected chi connectivity index (χ0v) is 10.3. The van der Waals surface area contributed by atoms with Crippen LogP contribution in [0.4, 0.5) is 4.39 Å². The van der Waals surface area contributed by atoms with Crippen molar-refractivity contribution >= 4 is 10.0 Å². The number of primary sulfonamides is 1. The van der Waals surface area contributed by atoms with E-state index in [0.29, 0.717) is 11.1 Å². The molecule has 1 atom stereocenters. The van der Waals surface area contributed by atoms with Gasteiger partial charge in [-0.25, -0.2) is 17.9 Å². The Balaban J connectivity index is 2.55. The van der Waals surface area contributed by atoms with E-state index in [1.807, 2.05) is 0 Å². The molecule has 0 spiro atoms. The first-order valence-corrected chi connectivity index (χ1v) is 6.91. The minimum Gasteiger partial charge on any atom is -0.228 e. The largest absolute Gasteiger partial charge is 0.228 e. The maximum absolute atomic E-state index is 12.9. The molecule has 0 saturated carbocycles. The van der Waals surface area contributed by atoms with Crippen LogP contribution < -0.4 is 5.14 Å². The zero-order valence-electron chi connectivity index (χ0n) is 9.45. The fourth-order valence-corrected chi connectivity index (χ4v) is 2.91. The first-order valence-electron chi connectivity index (χ1n) is 5.30. The highest BCUT2D eigenvalue weighted by Crippen LogP contribution is 2.28. The van der Waals surface area contributed by atoms with Crippen LogP contribution in [0.2, 0.25) is 0 Å². The molecule has 0 radical (unpaired) electrons. The molecule has 0 amide bonds. The summed E-state index contributed by atoms with van der Waals surface area (Å²) in [7, 11) is -3.81. The van der Waals surface area contributed by atoms with Gasteiger partial charge in [-0.05, 0) is 23.3 Å². The average molecular weight is 265 g/mol. The summed E-state index contributed by atoms with van der Waals surface area (Å²) in [6.07, 6.45) is 0. The SMILES string of the molecule is NS(=O)(=O)C(c1ccccc1)c1ccc(F)cc1. The lowest BCUT2D eigenvalue weighted by molar-refractivity contribution is 0.590. The number of nitrogens with two attached hydrogens (primary N) is 1. The van der Waals surface area contributed by atoms with Crippen molar-refractivity contribution in [1.82, 2.24) is 0 Å². The minimum absolute atomic E-state index is 0.417. The highest BCUT2D eigenvalue weighted by Gasteiger charge is 2.25. The molecule has 1 unspecified atom stereocenters. The van der Waals surface area contributed by atoms with Gasteiger partial charge in [-0.3, -0.25) is 0 Å². The normalized spacial score (nSPS) is 13.2. The molecule has 0 fully saturated rings. The van der Waals surface area contributed by atoms with Gasteiger partial charge >= 0.3 is 0 Å². The molecule has 0 aliphatic rings. The van der Waals surface area contributed by atoms with Gasteiger partial charge in [0.2, 0.25) is 10.0 Å². The molecule has 2 rings (SSSR count). The minimum atomic E-state index is -3.81. The Morgan fingerprint density at radius 2 is 1.39 bits per heavy atom. The Morgan fingerprint density at radius 1 is 0.889 bits per heavy atom. The Morgan fingerprint density at radius 3 is 1.89 bits per heavy atom. The van der Waals surface area contributed by atoms with E-state index in [2.05, 4.69) is 0 Å². The van der Waals surface area contributed by atoms with E-state index in [0.717, 1.165) is 0 Å². The molecule has 0 aliphatic carbocycles. The molecule has 0 aliphatic heterocycles. The Hall–Kier alpha value is -1.72. The van der Waals surface area contributed by atoms with Gasteiger partial charge in [-0.1, -0.05) is 42.5 Å². The van der Waals surface area contributed by atoms with Gasteiger partial charge in [0.15, 0.2) is 0 Å². The van der Waals surface area contributed by atoms with Crippen molar-refractivity contribution < 1.29 is 12.8 Å². The van der Waals surface area contributed by atoms with Crippen molar-refractivity contribution in [3.63, 3.8) is 0 Å². The number of hydrogen-bond donors (Lipinski definition) is 1. The van der Waals surface area contributed by atoms with Gasteiger partial charge in [-0.15, -0.1) is 0 Å². The van der Waals surface area contributed by atoms with Crippen LogP contribution in [-0.4, -0.2) is 8.42 Å². The van der Waals surface area contributed by atoms with Crippen LogP contribution >= 0.6 is 0 Å². The molecule has 5 heteroatoms. The molecule has 18 heavy (non-hydrogen) atoms. The van der Waals surface area contributed by atoms with Crippen LogP contribution in [-0.2, 0) is 10.0 Å². The van der Waals surface area contributed by atoms with Crippen LogP contribution in [0.5, 0.6) is 0 Å². The Kier molecular flexibility index (Phi) is 3.45. The van der Waals surface area contributed by atoms with E-state index in [1.54, 1.807) is 30.3 Å². The molecule has 0 saturated heterocycles. The van der Waals surface area contributed by atoms with Crippen LogP contribution in [0.3, 0.4) is 0 Å². The molecule has 2 aromatic rings. The summed E-state index contributed by atoms with van der Waals surface area (Å²) < 4.78 is 36.3. The maximum atomic E-state index is 12.9. The number of benzene rings is 2. The fraction of sp³-hybridized carbons (Fsp3) is 0.0769. The lowest BCUT2D eigenvalue weighted by Gasteiger charge is -2.15. The monoisotopic (exact) mass is 265 g/mol. The third-order valence-corrected chi connectivity index (χ3v) is 3.81. The summed E-state index contributed by atoms with van der Waals surface area (Å²) in [5.74, 6) is -0.417. The number of sulfonamides is 1. The molecule has 2 N–H and O–H groups in total. The van der Waals surface area contributed by atoms with Crippen molar-refractivity contribution in [1.29, 1.82) is 0 Å². The van der Waals surface area contributed by atoms with Gasteiger partial charge in [0, 0.05) is 0 Å². The first kappa shape index (κ1) is 12.7. The van der Waals surface area contributed by atoms with Crippen molar-refractivity contribution in [2.75, 3.05) is 0 Å². The summed E-state index contributed by atoms with van der Waals surface area (Å²) in [6, 6.07) is 13.9. The van der Waals surface area contributed by atoms with E-state index in [9.17, 15) is 12.8 Å². The third-order valence-electron chi connectivity index (χ3n) is 2.60. The highest BCUT2D eigenvalue weighted by atomic mass is 32.2. The fourth-order valence-electron chi connectivity index (χ4n) is 1.84. The zero-order chi connectivity index (χ0) is 13.2. The van der Waals surface area contributed by atoms with Gasteiger partial charge in [-0.2, -0.15) is 0 Å². The number of rotatable bonds is 3. The second kappa shape index (κ2) is 4.88. The van der Waals surface area contributed by atoms with Gasteiger partial charge < -0.3 is 0 Å². The Bertz CT molecular complexity index is 624. The summed E-state index contributed by atoms with van der Waals surface area (Å²) in [4.78, 5) is 0. The van der Waals surface area contributed by atoms with Crippen LogP contribution in [0, 0.1) is 5.82 Å². The number of halogens is 1. The average Bonchev–Trinajstić information content (AvgIpc) is 2.32. The smallest absolute Gasteiger partial charge is 0.220 e. The van der Waals surface area contributed by atoms with E-state index >= 15 is 0 Å². The predicted molar refractivity (Wildman–Crippen MR) is 67.8 cm³/mol. The van der Waals surface area contributed by atoms with Crippen LogP contribution in [0.25, 0.3) is 0 Å². The topological polar surface area (TPSA) is 60.2 Å². The highest BCUT2D eigenvalue weighted by molar-refractivity contribution is 7.89. The Labute approximate surface area is 105 Å². The summed E-state index contributed by atoms with van der Waals surface area (Å²) in [5.41, 5.74) is 1.01. The standard InChI is InChI=1S/C13H12FNO2S/c14-12-8-6-11(7-9-12)13(18(15,16)17)10-4-2-1-3-5-10/h1-9,13H,(H2,15,16,17). The predicted octanol–water partition coefficient (Wildman–Crippen LogP) is 2.20. The lowest BCUT2D eigenvalue weighted by Crippen LogP contribution is -2.22. The molecule has 0 aromatic heterocycles. The van der Waals surface area contributed by atoms with Gasteiger partial charge in [0.05, 0.1) is 0 Å². The second-order valence-corrected chi connectivity index (χ2v) is 5.58.